The molecule has 2 amide bonds. The molecular weight excluding hydrogens is 326 g/mol. The van der Waals surface area contributed by atoms with Crippen molar-refractivity contribution in [3.63, 3.8) is 0 Å². The average molecular weight is 347 g/mol. The number of aryl methyl sites for hydroxylation is 1. The van der Waals surface area contributed by atoms with Crippen molar-refractivity contribution in [3.05, 3.63) is 39.8 Å². The highest BCUT2D eigenvalue weighted by Gasteiger charge is 2.16. The Kier molecular flexibility index (Phi) is 5.92. The fourth-order valence-electron chi connectivity index (χ4n) is 2.02. The standard InChI is InChI=1S/C17H21N3O3S/c1-10(2)17-19-12(9-24-17)8-18-15(21)16(22)20-13-7-11(3)5-6-14(13)23-4/h5-7,9-10H,8H2,1-4H3,(H,18,21)(H,20,22). The molecule has 0 radical (unpaired) electrons. The number of aromatic nitrogens is 1. The summed E-state index contributed by atoms with van der Waals surface area (Å²) < 4.78 is 5.18. The number of amides is 2. The van der Waals surface area contributed by atoms with Crippen molar-refractivity contribution in [1.82, 2.24) is 10.3 Å². The predicted molar refractivity (Wildman–Crippen MR) is 94.4 cm³/mol. The molecule has 0 saturated heterocycles. The smallest absolute Gasteiger partial charge is 0.313 e. The Labute approximate surface area is 145 Å². The van der Waals surface area contributed by atoms with Gasteiger partial charge in [0.05, 0.1) is 30.0 Å². The van der Waals surface area contributed by atoms with E-state index in [9.17, 15) is 9.59 Å². The van der Waals surface area contributed by atoms with Crippen LogP contribution in [0.4, 0.5) is 5.69 Å². The van der Waals surface area contributed by atoms with Gasteiger partial charge in [0, 0.05) is 11.3 Å². The van der Waals surface area contributed by atoms with E-state index in [4.69, 9.17) is 4.74 Å². The third kappa shape index (κ3) is 4.55. The van der Waals surface area contributed by atoms with E-state index in [1.165, 1.54) is 7.11 Å². The van der Waals surface area contributed by atoms with Gasteiger partial charge < -0.3 is 15.4 Å². The first-order valence-electron chi connectivity index (χ1n) is 7.58. The molecule has 0 spiro atoms. The Morgan fingerprint density at radius 2 is 2.04 bits per heavy atom. The number of nitrogens with zero attached hydrogens (tertiary/aromatic N) is 1. The Morgan fingerprint density at radius 3 is 2.67 bits per heavy atom. The monoisotopic (exact) mass is 347 g/mol. The summed E-state index contributed by atoms with van der Waals surface area (Å²) in [6.07, 6.45) is 0. The number of methoxy groups -OCH3 is 1. The van der Waals surface area contributed by atoms with Crippen molar-refractivity contribution >= 4 is 28.8 Å². The number of hydrogen-bond acceptors (Lipinski definition) is 5. The van der Waals surface area contributed by atoms with Gasteiger partial charge in [-0.25, -0.2) is 4.98 Å². The van der Waals surface area contributed by atoms with Crippen LogP contribution in [-0.4, -0.2) is 23.9 Å². The molecule has 0 bridgehead atoms. The maximum atomic E-state index is 12.0. The summed E-state index contributed by atoms with van der Waals surface area (Å²) in [6.45, 7) is 6.23. The summed E-state index contributed by atoms with van der Waals surface area (Å²) in [6, 6.07) is 5.36. The van der Waals surface area contributed by atoms with E-state index < -0.39 is 11.8 Å². The molecule has 2 aromatic rings. The predicted octanol–water partition coefficient (Wildman–Crippen LogP) is 2.84. The lowest BCUT2D eigenvalue weighted by atomic mass is 10.2. The van der Waals surface area contributed by atoms with E-state index in [2.05, 4.69) is 29.5 Å². The molecule has 6 nitrogen and oxygen atoms in total. The first-order valence-corrected chi connectivity index (χ1v) is 8.46. The van der Waals surface area contributed by atoms with Crippen molar-refractivity contribution in [2.75, 3.05) is 12.4 Å². The summed E-state index contributed by atoms with van der Waals surface area (Å²) in [5.74, 6) is -0.602. The fourth-order valence-corrected chi connectivity index (χ4v) is 2.85. The second kappa shape index (κ2) is 7.92. The number of rotatable bonds is 5. The molecule has 24 heavy (non-hydrogen) atoms. The minimum Gasteiger partial charge on any atom is -0.495 e. The van der Waals surface area contributed by atoms with E-state index in [1.54, 1.807) is 23.5 Å². The minimum absolute atomic E-state index is 0.223. The molecule has 0 fully saturated rings. The van der Waals surface area contributed by atoms with Gasteiger partial charge in [-0.1, -0.05) is 19.9 Å². The maximum Gasteiger partial charge on any atom is 0.313 e. The normalized spacial score (nSPS) is 10.5. The number of carbonyl (C=O) groups excluding carboxylic acids is 2. The number of benzene rings is 1. The third-order valence-corrected chi connectivity index (χ3v) is 4.50. The molecule has 0 atom stereocenters. The quantitative estimate of drug-likeness (QED) is 0.815. The van der Waals surface area contributed by atoms with Gasteiger partial charge in [0.1, 0.15) is 5.75 Å². The van der Waals surface area contributed by atoms with Crippen LogP contribution in [0.2, 0.25) is 0 Å². The highest BCUT2D eigenvalue weighted by molar-refractivity contribution is 7.09. The Morgan fingerprint density at radius 1 is 1.29 bits per heavy atom. The maximum absolute atomic E-state index is 12.0. The van der Waals surface area contributed by atoms with Crippen molar-refractivity contribution < 1.29 is 14.3 Å². The molecule has 0 aliphatic carbocycles. The molecule has 2 N–H and O–H groups in total. The van der Waals surface area contributed by atoms with Gasteiger partial charge in [0.2, 0.25) is 0 Å². The summed E-state index contributed by atoms with van der Waals surface area (Å²) in [5, 5.41) is 8.04. The second-order valence-electron chi connectivity index (χ2n) is 5.67. The van der Waals surface area contributed by atoms with Gasteiger partial charge >= 0.3 is 11.8 Å². The van der Waals surface area contributed by atoms with Crippen molar-refractivity contribution in [1.29, 1.82) is 0 Å². The largest absolute Gasteiger partial charge is 0.495 e. The first-order chi connectivity index (χ1) is 11.4. The van der Waals surface area contributed by atoms with Gasteiger partial charge in [-0.15, -0.1) is 11.3 Å². The molecule has 0 aliphatic rings. The summed E-state index contributed by atoms with van der Waals surface area (Å²) in [7, 11) is 1.51. The zero-order valence-electron chi connectivity index (χ0n) is 14.2. The minimum atomic E-state index is -0.738. The van der Waals surface area contributed by atoms with Crippen molar-refractivity contribution in [2.24, 2.45) is 0 Å². The molecule has 0 aliphatic heterocycles. The zero-order chi connectivity index (χ0) is 17.7. The highest BCUT2D eigenvalue weighted by Crippen LogP contribution is 2.25. The molecule has 128 valence electrons. The Balaban J connectivity index is 1.95. The SMILES string of the molecule is COc1ccc(C)cc1NC(=O)C(=O)NCc1csc(C(C)C)n1. The molecule has 1 aromatic carbocycles. The van der Waals surface area contributed by atoms with Gasteiger partial charge in [0.25, 0.3) is 0 Å². The third-order valence-electron chi connectivity index (χ3n) is 3.30. The molecular formula is C17H21N3O3S. The van der Waals surface area contributed by atoms with Crippen LogP contribution in [0.5, 0.6) is 5.75 Å². The summed E-state index contributed by atoms with van der Waals surface area (Å²) in [4.78, 5) is 28.4. The Bertz CT molecular complexity index is 740. The van der Waals surface area contributed by atoms with E-state index >= 15 is 0 Å². The topological polar surface area (TPSA) is 80.3 Å². The molecule has 1 heterocycles. The number of nitrogens with one attached hydrogen (secondary N) is 2. The number of ether oxygens (including phenoxy) is 1. The lowest BCUT2D eigenvalue weighted by Gasteiger charge is -2.10. The highest BCUT2D eigenvalue weighted by atomic mass is 32.1. The van der Waals surface area contributed by atoms with Crippen LogP contribution in [0.1, 0.15) is 36.0 Å². The first kappa shape index (κ1) is 17.9. The molecule has 1 aromatic heterocycles. The van der Waals surface area contributed by atoms with Gasteiger partial charge in [-0.05, 0) is 24.6 Å². The van der Waals surface area contributed by atoms with Crippen molar-refractivity contribution in [2.45, 2.75) is 33.2 Å². The fraction of sp³-hybridized carbons (Fsp3) is 0.353. The van der Waals surface area contributed by atoms with E-state index in [0.29, 0.717) is 17.4 Å². The van der Waals surface area contributed by atoms with E-state index in [1.807, 2.05) is 18.4 Å². The second-order valence-corrected chi connectivity index (χ2v) is 6.56. The number of thiazole rings is 1. The number of carbonyl (C=O) groups is 2. The van der Waals surface area contributed by atoms with Gasteiger partial charge in [0.15, 0.2) is 0 Å². The molecule has 0 saturated carbocycles. The molecule has 0 unspecified atom stereocenters. The van der Waals surface area contributed by atoms with Gasteiger partial charge in [-0.2, -0.15) is 0 Å². The van der Waals surface area contributed by atoms with Crippen LogP contribution in [-0.2, 0) is 16.1 Å². The van der Waals surface area contributed by atoms with E-state index in [-0.39, 0.29) is 6.54 Å². The summed E-state index contributed by atoms with van der Waals surface area (Å²) >= 11 is 1.55. The van der Waals surface area contributed by atoms with Crippen LogP contribution < -0.4 is 15.4 Å². The van der Waals surface area contributed by atoms with E-state index in [0.717, 1.165) is 16.3 Å². The Hall–Kier alpha value is -2.41. The van der Waals surface area contributed by atoms with Crippen molar-refractivity contribution in [3.8, 4) is 5.75 Å². The molecule has 7 heteroatoms. The molecule has 2 rings (SSSR count). The average Bonchev–Trinajstić information content (AvgIpc) is 3.02. The summed E-state index contributed by atoms with van der Waals surface area (Å²) in [5.41, 5.74) is 2.17. The van der Waals surface area contributed by atoms with Gasteiger partial charge in [-0.3, -0.25) is 9.59 Å². The number of anilines is 1. The van der Waals surface area contributed by atoms with Crippen LogP contribution >= 0.6 is 11.3 Å². The van der Waals surface area contributed by atoms with Crippen LogP contribution in [0, 0.1) is 6.92 Å². The van der Waals surface area contributed by atoms with Crippen LogP contribution in [0.25, 0.3) is 0 Å². The van der Waals surface area contributed by atoms with Crippen LogP contribution in [0.15, 0.2) is 23.6 Å². The number of hydrogen-bond donors (Lipinski definition) is 2. The van der Waals surface area contributed by atoms with Crippen LogP contribution in [0.3, 0.4) is 0 Å². The zero-order valence-corrected chi connectivity index (χ0v) is 15.0. The lowest BCUT2D eigenvalue weighted by Crippen LogP contribution is -2.35. The lowest BCUT2D eigenvalue weighted by molar-refractivity contribution is -0.136.